The zero-order valence-electron chi connectivity index (χ0n) is 30.6. The summed E-state index contributed by atoms with van der Waals surface area (Å²) in [4.78, 5) is 54.0. The van der Waals surface area contributed by atoms with Crippen molar-refractivity contribution >= 4 is 77.4 Å². The second kappa shape index (κ2) is 17.8. The SMILES string of the molecule is CC(C)C(NC(=O)OC(C)(C)C)C(=O)NC(CO[Si](c1ccccc1)(c1ccccc1)C(C)(C)C)C(=O)N1CCCC(C(=O)OCC(Cl)(Cl)Cl)N1. The quantitative estimate of drug-likeness (QED) is 0.156. The summed E-state index contributed by atoms with van der Waals surface area (Å²) in [5, 5.41) is 8.36. The van der Waals surface area contributed by atoms with Gasteiger partial charge in [-0.25, -0.2) is 10.2 Å². The van der Waals surface area contributed by atoms with Crippen molar-refractivity contribution in [2.75, 3.05) is 19.8 Å². The Morgan fingerprint density at radius 3 is 1.92 bits per heavy atom. The van der Waals surface area contributed by atoms with E-state index in [0.29, 0.717) is 12.8 Å². The van der Waals surface area contributed by atoms with Gasteiger partial charge in [-0.05, 0) is 54.9 Å². The fourth-order valence-corrected chi connectivity index (χ4v) is 10.7. The maximum atomic E-state index is 14.4. The van der Waals surface area contributed by atoms with Crippen molar-refractivity contribution in [2.24, 2.45) is 5.92 Å². The van der Waals surface area contributed by atoms with Crippen molar-refractivity contribution in [3.63, 3.8) is 0 Å². The van der Waals surface area contributed by atoms with E-state index >= 15 is 0 Å². The maximum absolute atomic E-state index is 14.4. The average Bonchev–Trinajstić information content (AvgIpc) is 3.04. The van der Waals surface area contributed by atoms with E-state index in [0.717, 1.165) is 10.4 Å². The van der Waals surface area contributed by atoms with Crippen LogP contribution in [0.15, 0.2) is 60.7 Å². The van der Waals surface area contributed by atoms with Crippen molar-refractivity contribution in [2.45, 2.75) is 101 Å². The number of alkyl carbamates (subject to hydrolysis) is 1. The van der Waals surface area contributed by atoms with Crippen LogP contribution in [0.5, 0.6) is 0 Å². The van der Waals surface area contributed by atoms with Crippen LogP contribution in [0.25, 0.3) is 0 Å². The monoisotopic (exact) mass is 784 g/mol. The van der Waals surface area contributed by atoms with Crippen LogP contribution in [0, 0.1) is 5.92 Å². The molecular weight excluding hydrogens is 735 g/mol. The number of carbonyl (C=O) groups is 4. The molecule has 0 bridgehead atoms. The molecule has 0 aromatic heterocycles. The molecule has 0 radical (unpaired) electrons. The number of nitrogens with zero attached hydrogens (tertiary/aromatic N) is 1. The highest BCUT2D eigenvalue weighted by atomic mass is 35.6. The molecule has 1 fully saturated rings. The number of amides is 3. The number of esters is 1. The number of benzene rings is 2. The number of carbonyl (C=O) groups excluding carboxylic acids is 4. The number of alkyl halides is 3. The van der Waals surface area contributed by atoms with Crippen LogP contribution in [0.2, 0.25) is 5.04 Å². The largest absolute Gasteiger partial charge is 0.460 e. The van der Waals surface area contributed by atoms with E-state index in [-0.39, 0.29) is 19.1 Å². The lowest BCUT2D eigenvalue weighted by Crippen LogP contribution is -2.69. The van der Waals surface area contributed by atoms with Crippen LogP contribution in [-0.2, 0) is 28.3 Å². The zero-order valence-corrected chi connectivity index (χ0v) is 33.8. The molecule has 0 aliphatic carbocycles. The number of rotatable bonds is 12. The Morgan fingerprint density at radius 1 is 0.902 bits per heavy atom. The van der Waals surface area contributed by atoms with Gasteiger partial charge in [0.05, 0.1) is 6.61 Å². The Bertz CT molecular complexity index is 1440. The summed E-state index contributed by atoms with van der Waals surface area (Å²) in [6.07, 6.45) is 0.0571. The predicted molar refractivity (Wildman–Crippen MR) is 203 cm³/mol. The van der Waals surface area contributed by atoms with Crippen molar-refractivity contribution in [1.29, 1.82) is 0 Å². The number of halogens is 3. The molecule has 1 saturated heterocycles. The molecule has 1 heterocycles. The number of ether oxygens (including phenoxy) is 2. The lowest BCUT2D eigenvalue weighted by Gasteiger charge is -2.44. The van der Waals surface area contributed by atoms with E-state index in [1.807, 2.05) is 60.7 Å². The summed E-state index contributed by atoms with van der Waals surface area (Å²) < 4.78 is 15.9. The highest BCUT2D eigenvalue weighted by molar-refractivity contribution is 6.99. The fraction of sp³-hybridized carbons (Fsp3) is 0.556. The van der Waals surface area contributed by atoms with Gasteiger partial charge in [0.25, 0.3) is 14.2 Å². The first-order valence-corrected chi connectivity index (χ1v) is 20.0. The number of hydrogen-bond acceptors (Lipinski definition) is 8. The third-order valence-electron chi connectivity index (χ3n) is 8.23. The third kappa shape index (κ3) is 12.1. The minimum Gasteiger partial charge on any atom is -0.460 e. The van der Waals surface area contributed by atoms with E-state index in [2.05, 4.69) is 36.8 Å². The summed E-state index contributed by atoms with van der Waals surface area (Å²) in [6, 6.07) is 16.6. The van der Waals surface area contributed by atoms with Gasteiger partial charge in [0.15, 0.2) is 0 Å². The van der Waals surface area contributed by atoms with Gasteiger partial charge in [-0.1, -0.05) is 130 Å². The highest BCUT2D eigenvalue weighted by Gasteiger charge is 2.51. The van der Waals surface area contributed by atoms with Crippen molar-refractivity contribution in [3.05, 3.63) is 60.7 Å². The van der Waals surface area contributed by atoms with Gasteiger partial charge in [0.1, 0.15) is 30.3 Å². The van der Waals surface area contributed by atoms with E-state index in [1.165, 1.54) is 5.01 Å². The van der Waals surface area contributed by atoms with Gasteiger partial charge in [-0.3, -0.25) is 19.4 Å². The van der Waals surface area contributed by atoms with Gasteiger partial charge in [0.2, 0.25) is 9.70 Å². The Balaban J connectivity index is 2.01. The zero-order chi connectivity index (χ0) is 38.2. The molecular formula is C36H51Cl3N4O7Si. The summed E-state index contributed by atoms with van der Waals surface area (Å²) in [5.41, 5.74) is 2.15. The van der Waals surface area contributed by atoms with Crippen LogP contribution >= 0.6 is 34.8 Å². The Morgan fingerprint density at radius 2 is 1.45 bits per heavy atom. The molecule has 51 heavy (non-hydrogen) atoms. The summed E-state index contributed by atoms with van der Waals surface area (Å²) in [6.45, 7) is 14.6. The smallest absolute Gasteiger partial charge is 0.408 e. The second-order valence-corrected chi connectivity index (χ2v) is 21.8. The van der Waals surface area contributed by atoms with E-state index in [9.17, 15) is 19.2 Å². The van der Waals surface area contributed by atoms with Crippen molar-refractivity contribution in [3.8, 4) is 0 Å². The Labute approximate surface area is 317 Å². The molecule has 3 atom stereocenters. The van der Waals surface area contributed by atoms with Crippen molar-refractivity contribution < 1.29 is 33.1 Å². The molecule has 0 spiro atoms. The van der Waals surface area contributed by atoms with Gasteiger partial charge in [-0.2, -0.15) is 0 Å². The van der Waals surface area contributed by atoms with Crippen LogP contribution in [-0.4, -0.2) is 84.5 Å². The van der Waals surface area contributed by atoms with Gasteiger partial charge < -0.3 is 24.5 Å². The third-order valence-corrected chi connectivity index (χ3v) is 13.6. The minimum absolute atomic E-state index is 0.213. The predicted octanol–water partition coefficient (Wildman–Crippen LogP) is 5.01. The molecule has 282 valence electrons. The van der Waals surface area contributed by atoms with E-state index < -0.39 is 71.4 Å². The molecule has 2 aromatic carbocycles. The second-order valence-electron chi connectivity index (χ2n) is 14.9. The molecule has 3 unspecified atom stereocenters. The minimum atomic E-state index is -3.16. The number of hydrogen-bond donors (Lipinski definition) is 3. The number of nitrogens with one attached hydrogen (secondary N) is 3. The first kappa shape index (κ1) is 42.5. The highest BCUT2D eigenvalue weighted by Crippen LogP contribution is 2.37. The molecule has 2 aromatic rings. The normalized spacial score (nSPS) is 16.9. The Kier molecular flexibility index (Phi) is 14.8. The lowest BCUT2D eigenvalue weighted by molar-refractivity contribution is -0.153. The molecule has 11 nitrogen and oxygen atoms in total. The van der Waals surface area contributed by atoms with Crippen molar-refractivity contribution in [1.82, 2.24) is 21.1 Å². The van der Waals surface area contributed by atoms with Crippen LogP contribution in [0.3, 0.4) is 0 Å². The van der Waals surface area contributed by atoms with Crippen LogP contribution in [0.4, 0.5) is 4.79 Å². The maximum Gasteiger partial charge on any atom is 0.408 e. The fourth-order valence-electron chi connectivity index (χ4n) is 5.93. The molecule has 1 aliphatic rings. The average molecular weight is 786 g/mol. The van der Waals surface area contributed by atoms with Gasteiger partial charge >= 0.3 is 12.1 Å². The summed E-state index contributed by atoms with van der Waals surface area (Å²) in [7, 11) is -3.16. The standard InChI is InChI=1S/C36H51Cl3N4O7Si/c1-24(2)29(41-33(47)50-34(3,4)5)30(44)40-28(31(45)43-21-15-20-27(42-43)32(46)48-23-36(37,38)39)22-49-51(35(6,7)8,25-16-11-9-12-17-25)26-18-13-10-14-19-26/h9-14,16-19,24,27-29,42H,15,20-23H2,1-8H3,(H,40,44)(H,41,47). The first-order chi connectivity index (χ1) is 23.6. The molecule has 3 amide bonds. The summed E-state index contributed by atoms with van der Waals surface area (Å²) >= 11 is 17.3. The van der Waals surface area contributed by atoms with Crippen LogP contribution < -0.4 is 26.4 Å². The molecule has 15 heteroatoms. The molecule has 1 aliphatic heterocycles. The van der Waals surface area contributed by atoms with E-state index in [4.69, 9.17) is 48.7 Å². The van der Waals surface area contributed by atoms with Gasteiger partial charge in [0, 0.05) is 6.54 Å². The Hall–Kier alpha value is -2.87. The molecule has 3 N–H and O–H groups in total. The van der Waals surface area contributed by atoms with Gasteiger partial charge in [-0.15, -0.1) is 0 Å². The molecule has 3 rings (SSSR count). The van der Waals surface area contributed by atoms with Crippen LogP contribution in [0.1, 0.15) is 68.2 Å². The lowest BCUT2D eigenvalue weighted by atomic mass is 10.0. The number of hydrazine groups is 1. The van der Waals surface area contributed by atoms with E-state index in [1.54, 1.807) is 34.6 Å². The summed E-state index contributed by atoms with van der Waals surface area (Å²) in [5.74, 6) is -2.20. The topological polar surface area (TPSA) is 135 Å². The molecule has 0 saturated carbocycles. The first-order valence-electron chi connectivity index (χ1n) is 17.0.